The maximum atomic E-state index is 11.5. The van der Waals surface area contributed by atoms with Crippen LogP contribution in [0, 0.1) is 13.8 Å². The molecule has 0 aromatic carbocycles. The number of carbonyl (C=O) groups is 2. The van der Waals surface area contributed by atoms with Crippen molar-refractivity contribution >= 4 is 24.1 Å². The zero-order chi connectivity index (χ0) is 40.4. The van der Waals surface area contributed by atoms with Gasteiger partial charge < -0.3 is 28.8 Å². The quantitative estimate of drug-likeness (QED) is 0.0288. The molecule has 0 saturated carbocycles. The Morgan fingerprint density at radius 1 is 0.564 bits per heavy atom. The standard InChI is InChI=1S/C21H43N2OS.C18H36O2.C9H19.K/c1-4-6-8-10-12-14-18-23(17-13-11-9-7-5-2)19-15-16-22-21(24)20-25-3;1-3-5-7-9-11-13-15-18(20-17-19)16-14-12-10-8-6-4-2;1-3-5-7-9-8-6-4-2;/h2,4-20H2,1,3H3,(H,22,24);17-18H,3-16H2,1-2H3;1,3-9H2,2H3;/q-1;;-1;+1. The average molecular weight is 822 g/mol. The number of carbonyl (C=O) groups excluding carboxylic acids is 2. The fraction of sp³-hybridized carbons (Fsp3) is 0.917. The SMILES string of the molecule is CCCCCCCCC(CCCCCCCC)OC=O.[CH2-]CCCCCCCC.[CH2-]CCCCCCN(CCCCCCCC)CCCNC(=O)CSC.[K+]. The molecular weight excluding hydrogens is 724 g/mol. The molecule has 0 heterocycles. The minimum Gasteiger partial charge on any atom is -0.465 e. The second-order valence-electron chi connectivity index (χ2n) is 15.6. The maximum Gasteiger partial charge on any atom is 1.00 e. The van der Waals surface area contributed by atoms with Crippen molar-refractivity contribution in [3.8, 4) is 0 Å². The Kier molecular flexibility index (Phi) is 67.3. The summed E-state index contributed by atoms with van der Waals surface area (Å²) >= 11 is 1.58. The summed E-state index contributed by atoms with van der Waals surface area (Å²) in [5, 5.41) is 3.02. The number of amides is 1. The van der Waals surface area contributed by atoms with Gasteiger partial charge in [-0.1, -0.05) is 182 Å². The molecule has 0 bridgehead atoms. The van der Waals surface area contributed by atoms with Gasteiger partial charge in [-0.3, -0.25) is 9.59 Å². The second-order valence-corrected chi connectivity index (χ2v) is 16.5. The summed E-state index contributed by atoms with van der Waals surface area (Å²) < 4.78 is 5.22. The van der Waals surface area contributed by atoms with Crippen molar-refractivity contribution < 1.29 is 65.7 Å². The third-order valence-electron chi connectivity index (χ3n) is 10.2. The molecule has 7 heteroatoms. The van der Waals surface area contributed by atoms with Crippen LogP contribution in [0.1, 0.15) is 240 Å². The maximum absolute atomic E-state index is 11.5. The van der Waals surface area contributed by atoms with Gasteiger partial charge in [0, 0.05) is 6.54 Å². The van der Waals surface area contributed by atoms with Crippen molar-refractivity contribution in [2.45, 2.75) is 246 Å². The van der Waals surface area contributed by atoms with Crippen LogP contribution in [0.15, 0.2) is 0 Å². The van der Waals surface area contributed by atoms with Crippen LogP contribution in [0.4, 0.5) is 0 Å². The average Bonchev–Trinajstić information content (AvgIpc) is 3.17. The molecule has 0 aromatic heterocycles. The fourth-order valence-corrected chi connectivity index (χ4v) is 7.01. The van der Waals surface area contributed by atoms with E-state index in [0.29, 0.717) is 12.2 Å². The Morgan fingerprint density at radius 2 is 0.909 bits per heavy atom. The molecule has 0 atom stereocenters. The number of thioether (sulfide) groups is 1. The third-order valence-corrected chi connectivity index (χ3v) is 10.7. The van der Waals surface area contributed by atoms with E-state index in [-0.39, 0.29) is 63.4 Å². The van der Waals surface area contributed by atoms with Crippen molar-refractivity contribution in [1.29, 1.82) is 0 Å². The molecule has 0 radical (unpaired) electrons. The summed E-state index contributed by atoms with van der Waals surface area (Å²) in [6.45, 7) is 21.7. The molecule has 0 unspecified atom stereocenters. The zero-order valence-electron chi connectivity index (χ0n) is 38.5. The second kappa shape index (κ2) is 59.2. The van der Waals surface area contributed by atoms with Gasteiger partial charge in [0.25, 0.3) is 6.47 Å². The summed E-state index contributed by atoms with van der Waals surface area (Å²) in [6.07, 6.45) is 44.9. The number of unbranched alkanes of at least 4 members (excludes halogenated alkanes) is 25. The van der Waals surface area contributed by atoms with Gasteiger partial charge >= 0.3 is 51.4 Å². The van der Waals surface area contributed by atoms with Crippen LogP contribution in [0.25, 0.3) is 0 Å². The van der Waals surface area contributed by atoms with Gasteiger partial charge in [0.15, 0.2) is 0 Å². The molecule has 0 aliphatic heterocycles. The van der Waals surface area contributed by atoms with Crippen LogP contribution >= 0.6 is 11.8 Å². The van der Waals surface area contributed by atoms with E-state index in [1.54, 1.807) is 11.8 Å². The van der Waals surface area contributed by atoms with Gasteiger partial charge in [-0.25, -0.2) is 0 Å². The normalized spacial score (nSPS) is 10.7. The van der Waals surface area contributed by atoms with Crippen LogP contribution in [0.2, 0.25) is 0 Å². The van der Waals surface area contributed by atoms with E-state index in [4.69, 9.17) is 4.74 Å². The number of ether oxygens (including phenoxy) is 1. The summed E-state index contributed by atoms with van der Waals surface area (Å²) in [5.41, 5.74) is 0. The molecule has 55 heavy (non-hydrogen) atoms. The van der Waals surface area contributed by atoms with Crippen molar-refractivity contribution in [2.75, 3.05) is 38.2 Å². The topological polar surface area (TPSA) is 58.6 Å². The number of nitrogens with zero attached hydrogens (tertiary/aromatic N) is 1. The Morgan fingerprint density at radius 3 is 1.27 bits per heavy atom. The predicted molar refractivity (Wildman–Crippen MR) is 245 cm³/mol. The molecule has 0 aliphatic carbocycles. The predicted octanol–water partition coefficient (Wildman–Crippen LogP) is 11.9. The van der Waals surface area contributed by atoms with Crippen molar-refractivity contribution in [1.82, 2.24) is 10.2 Å². The molecule has 0 aromatic rings. The number of hydrogen-bond donors (Lipinski definition) is 1. The van der Waals surface area contributed by atoms with E-state index in [1.165, 1.54) is 193 Å². The van der Waals surface area contributed by atoms with Crippen LogP contribution in [0.5, 0.6) is 0 Å². The van der Waals surface area contributed by atoms with E-state index in [9.17, 15) is 9.59 Å². The van der Waals surface area contributed by atoms with Crippen molar-refractivity contribution in [3.05, 3.63) is 13.8 Å². The first-order valence-corrected chi connectivity index (χ1v) is 25.1. The van der Waals surface area contributed by atoms with Crippen LogP contribution < -0.4 is 56.7 Å². The van der Waals surface area contributed by atoms with E-state index in [0.717, 1.165) is 45.2 Å². The number of rotatable bonds is 41. The van der Waals surface area contributed by atoms with Gasteiger partial charge in [0.1, 0.15) is 6.10 Å². The Hall–Kier alpha value is 0.886. The minimum absolute atomic E-state index is 0. The van der Waals surface area contributed by atoms with Crippen LogP contribution in [0.3, 0.4) is 0 Å². The van der Waals surface area contributed by atoms with Gasteiger partial charge in [-0.05, 0) is 70.8 Å². The fourth-order valence-electron chi connectivity index (χ4n) is 6.65. The molecule has 1 N–H and O–H groups in total. The summed E-state index contributed by atoms with van der Waals surface area (Å²) in [7, 11) is 0. The van der Waals surface area contributed by atoms with Gasteiger partial charge in [-0.15, -0.1) is 0 Å². The Bertz CT molecular complexity index is 666. The Labute approximate surface area is 394 Å². The van der Waals surface area contributed by atoms with E-state index >= 15 is 0 Å². The van der Waals surface area contributed by atoms with Gasteiger partial charge in [0.05, 0.1) is 5.75 Å². The van der Waals surface area contributed by atoms with E-state index in [2.05, 4.69) is 51.8 Å². The van der Waals surface area contributed by atoms with E-state index < -0.39 is 0 Å². The molecule has 0 fully saturated rings. The van der Waals surface area contributed by atoms with Gasteiger partial charge in [-0.2, -0.15) is 24.6 Å². The molecule has 0 spiro atoms. The number of hydrogen-bond acceptors (Lipinski definition) is 5. The summed E-state index contributed by atoms with van der Waals surface area (Å²) in [5.74, 6) is 0.747. The largest absolute Gasteiger partial charge is 1.00 e. The Balaban J connectivity index is -0.000000387. The minimum atomic E-state index is 0. The molecule has 326 valence electrons. The number of nitrogens with one attached hydrogen (secondary N) is 1. The summed E-state index contributed by atoms with van der Waals surface area (Å²) in [6, 6.07) is 0. The molecule has 0 saturated heterocycles. The van der Waals surface area contributed by atoms with Gasteiger partial charge in [0.2, 0.25) is 5.91 Å². The van der Waals surface area contributed by atoms with E-state index in [1.807, 2.05) is 6.26 Å². The zero-order valence-corrected chi connectivity index (χ0v) is 42.5. The van der Waals surface area contributed by atoms with Crippen molar-refractivity contribution in [2.24, 2.45) is 0 Å². The molecule has 0 rings (SSSR count). The van der Waals surface area contributed by atoms with Crippen LogP contribution in [-0.2, 0) is 14.3 Å². The summed E-state index contributed by atoms with van der Waals surface area (Å²) in [4.78, 5) is 24.7. The molecule has 5 nitrogen and oxygen atoms in total. The van der Waals surface area contributed by atoms with Crippen molar-refractivity contribution in [3.63, 3.8) is 0 Å². The molecule has 0 aliphatic rings. The monoisotopic (exact) mass is 822 g/mol. The first-order valence-electron chi connectivity index (χ1n) is 23.7. The molecular formula is C48H98KN2O3S-. The smallest absolute Gasteiger partial charge is 0.465 e. The molecule has 1 amide bonds. The first-order chi connectivity index (χ1) is 26.5. The first kappa shape index (κ1) is 62.5. The van der Waals surface area contributed by atoms with Crippen LogP contribution in [-0.4, -0.2) is 61.6 Å². The third kappa shape index (κ3) is 59.3.